The van der Waals surface area contributed by atoms with Crippen molar-refractivity contribution in [2.45, 2.75) is 12.8 Å². The number of carbonyl (C=O) groups is 1. The summed E-state index contributed by atoms with van der Waals surface area (Å²) in [5.74, 6) is 1.25. The molecule has 1 heterocycles. The predicted octanol–water partition coefficient (Wildman–Crippen LogP) is 1.19. The van der Waals surface area contributed by atoms with Crippen molar-refractivity contribution in [2.24, 2.45) is 11.7 Å². The highest BCUT2D eigenvalue weighted by Gasteiger charge is 2.20. The van der Waals surface area contributed by atoms with Crippen molar-refractivity contribution < 1.29 is 19.0 Å². The van der Waals surface area contributed by atoms with Crippen LogP contribution in [0.2, 0.25) is 0 Å². The van der Waals surface area contributed by atoms with Gasteiger partial charge in [0.1, 0.15) is 0 Å². The van der Waals surface area contributed by atoms with E-state index in [9.17, 15) is 4.79 Å². The number of carbonyl (C=O) groups excluding carboxylic acids is 1. The van der Waals surface area contributed by atoms with E-state index in [0.29, 0.717) is 49.3 Å². The second-order valence-corrected chi connectivity index (χ2v) is 5.27. The molecular weight excluding hydrogens is 284 g/mol. The van der Waals surface area contributed by atoms with Gasteiger partial charge in [-0.15, -0.1) is 0 Å². The molecule has 6 heteroatoms. The van der Waals surface area contributed by atoms with Crippen molar-refractivity contribution in [3.63, 3.8) is 0 Å². The van der Waals surface area contributed by atoms with Crippen LogP contribution in [0.25, 0.3) is 0 Å². The topological polar surface area (TPSA) is 82.8 Å². The first-order valence-corrected chi connectivity index (χ1v) is 7.62. The number of benzene rings is 1. The number of amides is 1. The van der Waals surface area contributed by atoms with E-state index in [1.807, 2.05) is 0 Å². The van der Waals surface area contributed by atoms with Gasteiger partial charge in [0, 0.05) is 19.1 Å². The van der Waals surface area contributed by atoms with Crippen LogP contribution < -0.4 is 20.5 Å². The van der Waals surface area contributed by atoms with Crippen LogP contribution in [0.4, 0.5) is 0 Å². The molecule has 1 saturated heterocycles. The van der Waals surface area contributed by atoms with E-state index in [0.717, 1.165) is 19.4 Å². The van der Waals surface area contributed by atoms with Crippen molar-refractivity contribution in [2.75, 3.05) is 40.0 Å². The van der Waals surface area contributed by atoms with Crippen LogP contribution >= 0.6 is 0 Å². The molecule has 1 aromatic rings. The zero-order valence-electron chi connectivity index (χ0n) is 13.0. The van der Waals surface area contributed by atoms with Crippen LogP contribution in [-0.4, -0.2) is 45.9 Å². The van der Waals surface area contributed by atoms with Crippen molar-refractivity contribution in [1.29, 1.82) is 0 Å². The Kier molecular flexibility index (Phi) is 6.48. The zero-order valence-corrected chi connectivity index (χ0v) is 13.0. The Morgan fingerprint density at radius 1 is 1.50 bits per heavy atom. The third-order valence-electron chi connectivity index (χ3n) is 3.61. The summed E-state index contributed by atoms with van der Waals surface area (Å²) in [5, 5.41) is 2.94. The van der Waals surface area contributed by atoms with E-state index >= 15 is 0 Å². The minimum Gasteiger partial charge on any atom is -0.493 e. The molecule has 3 N–H and O–H groups in total. The molecule has 6 nitrogen and oxygen atoms in total. The Morgan fingerprint density at radius 2 is 2.36 bits per heavy atom. The zero-order chi connectivity index (χ0) is 15.8. The Balaban J connectivity index is 2.04. The third-order valence-corrected chi connectivity index (χ3v) is 3.61. The molecule has 0 saturated carbocycles. The normalized spacial score (nSPS) is 17.3. The van der Waals surface area contributed by atoms with E-state index in [1.165, 1.54) is 0 Å². The fourth-order valence-electron chi connectivity index (χ4n) is 2.34. The number of hydrogen-bond donors (Lipinski definition) is 2. The van der Waals surface area contributed by atoms with Gasteiger partial charge in [-0.2, -0.15) is 0 Å². The van der Waals surface area contributed by atoms with E-state index < -0.39 is 0 Å². The van der Waals surface area contributed by atoms with Crippen molar-refractivity contribution in [3.8, 4) is 11.5 Å². The highest BCUT2D eigenvalue weighted by Crippen LogP contribution is 2.31. The van der Waals surface area contributed by atoms with Gasteiger partial charge in [-0.1, -0.05) is 6.07 Å². The summed E-state index contributed by atoms with van der Waals surface area (Å²) >= 11 is 0. The fraction of sp³-hybridized carbons (Fsp3) is 0.562. The Labute approximate surface area is 130 Å². The largest absolute Gasteiger partial charge is 0.493 e. The maximum atomic E-state index is 12.4. The number of hydrogen-bond acceptors (Lipinski definition) is 5. The lowest BCUT2D eigenvalue weighted by Gasteiger charge is -2.15. The quantitative estimate of drug-likeness (QED) is 0.705. The molecule has 22 heavy (non-hydrogen) atoms. The number of methoxy groups -OCH3 is 1. The fourth-order valence-corrected chi connectivity index (χ4v) is 2.34. The lowest BCUT2D eigenvalue weighted by Crippen LogP contribution is -2.30. The summed E-state index contributed by atoms with van der Waals surface area (Å²) in [6, 6.07) is 5.29. The summed E-state index contributed by atoms with van der Waals surface area (Å²) in [5.41, 5.74) is 5.96. The van der Waals surface area contributed by atoms with Crippen LogP contribution in [0.3, 0.4) is 0 Å². The Hall–Kier alpha value is -1.79. The highest BCUT2D eigenvalue weighted by molar-refractivity contribution is 5.97. The van der Waals surface area contributed by atoms with Gasteiger partial charge in [0.05, 0.1) is 25.9 Å². The first-order chi connectivity index (χ1) is 10.8. The van der Waals surface area contributed by atoms with E-state index in [1.54, 1.807) is 25.3 Å². The van der Waals surface area contributed by atoms with Gasteiger partial charge in [0.15, 0.2) is 11.5 Å². The standard InChI is InChI=1S/C16H24N2O4/c1-20-14-5-2-4-13(15(14)22-8-3-7-17)16(19)18-10-12-6-9-21-11-12/h2,4-5,12H,3,6-11,17H2,1H3,(H,18,19)/t12-/m1/s1. The van der Waals surface area contributed by atoms with Crippen LogP contribution in [0.15, 0.2) is 18.2 Å². The number of nitrogens with two attached hydrogens (primary N) is 1. The molecule has 0 bridgehead atoms. The first-order valence-electron chi connectivity index (χ1n) is 7.62. The number of nitrogens with one attached hydrogen (secondary N) is 1. The molecule has 1 aliphatic heterocycles. The molecule has 1 fully saturated rings. The van der Waals surface area contributed by atoms with Gasteiger partial charge >= 0.3 is 0 Å². The van der Waals surface area contributed by atoms with E-state index in [4.69, 9.17) is 19.9 Å². The lowest BCUT2D eigenvalue weighted by atomic mass is 10.1. The predicted molar refractivity (Wildman–Crippen MR) is 83.4 cm³/mol. The molecule has 0 unspecified atom stereocenters. The van der Waals surface area contributed by atoms with Crippen molar-refractivity contribution in [1.82, 2.24) is 5.32 Å². The van der Waals surface area contributed by atoms with Gasteiger partial charge in [0.25, 0.3) is 5.91 Å². The summed E-state index contributed by atoms with van der Waals surface area (Å²) in [7, 11) is 1.56. The maximum absolute atomic E-state index is 12.4. The average molecular weight is 308 g/mol. The number of ether oxygens (including phenoxy) is 3. The van der Waals surface area contributed by atoms with Gasteiger partial charge in [-0.25, -0.2) is 0 Å². The summed E-state index contributed by atoms with van der Waals surface area (Å²) in [6.45, 7) is 3.08. The lowest BCUT2D eigenvalue weighted by molar-refractivity contribution is 0.0940. The van der Waals surface area contributed by atoms with Crippen LogP contribution in [0.1, 0.15) is 23.2 Å². The molecule has 1 atom stereocenters. The maximum Gasteiger partial charge on any atom is 0.255 e. The minimum atomic E-state index is -0.159. The molecule has 0 spiro atoms. The average Bonchev–Trinajstić information content (AvgIpc) is 3.06. The van der Waals surface area contributed by atoms with Crippen LogP contribution in [0, 0.1) is 5.92 Å². The van der Waals surface area contributed by atoms with Gasteiger partial charge in [0.2, 0.25) is 0 Å². The molecule has 1 amide bonds. The smallest absolute Gasteiger partial charge is 0.255 e. The molecule has 0 aromatic heterocycles. The molecule has 1 aromatic carbocycles. The molecule has 0 aliphatic carbocycles. The van der Waals surface area contributed by atoms with Gasteiger partial charge < -0.3 is 25.3 Å². The van der Waals surface area contributed by atoms with E-state index in [2.05, 4.69) is 5.32 Å². The second-order valence-electron chi connectivity index (χ2n) is 5.27. The first kappa shape index (κ1) is 16.6. The third kappa shape index (κ3) is 4.35. The summed E-state index contributed by atoms with van der Waals surface area (Å²) < 4.78 is 16.3. The molecule has 1 aliphatic rings. The Morgan fingerprint density at radius 3 is 3.05 bits per heavy atom. The van der Waals surface area contributed by atoms with Crippen molar-refractivity contribution in [3.05, 3.63) is 23.8 Å². The SMILES string of the molecule is COc1cccc(C(=O)NC[C@H]2CCOC2)c1OCCCN. The number of para-hydroxylation sites is 1. The molecule has 2 rings (SSSR count). The van der Waals surface area contributed by atoms with Crippen molar-refractivity contribution >= 4 is 5.91 Å². The van der Waals surface area contributed by atoms with Crippen LogP contribution in [0.5, 0.6) is 11.5 Å². The summed E-state index contributed by atoms with van der Waals surface area (Å²) in [4.78, 5) is 12.4. The number of rotatable bonds is 8. The van der Waals surface area contributed by atoms with Crippen LogP contribution in [-0.2, 0) is 4.74 Å². The summed E-state index contributed by atoms with van der Waals surface area (Å²) in [6.07, 6.45) is 1.71. The molecule has 122 valence electrons. The van der Waals surface area contributed by atoms with Gasteiger partial charge in [-0.3, -0.25) is 4.79 Å². The Bertz CT molecular complexity index is 487. The molecular formula is C16H24N2O4. The molecule has 0 radical (unpaired) electrons. The van der Waals surface area contributed by atoms with E-state index in [-0.39, 0.29) is 5.91 Å². The second kappa shape index (κ2) is 8.60. The van der Waals surface area contributed by atoms with Gasteiger partial charge in [-0.05, 0) is 31.5 Å². The highest BCUT2D eigenvalue weighted by atomic mass is 16.5. The minimum absolute atomic E-state index is 0.159. The monoisotopic (exact) mass is 308 g/mol.